The van der Waals surface area contributed by atoms with Crippen molar-refractivity contribution in [1.29, 1.82) is 0 Å². The Balaban J connectivity index is 1.67. The van der Waals surface area contributed by atoms with Crippen LogP contribution in [0.25, 0.3) is 0 Å². The fourth-order valence-electron chi connectivity index (χ4n) is 2.46. The highest BCUT2D eigenvalue weighted by atomic mass is 16.5. The van der Waals surface area contributed by atoms with Gasteiger partial charge in [0.1, 0.15) is 5.75 Å². The molecule has 2 amide bonds. The van der Waals surface area contributed by atoms with Gasteiger partial charge in [0.25, 0.3) is 0 Å². The number of carbonyl (C=O) groups excluding carboxylic acids is 1. The molecule has 22 heavy (non-hydrogen) atoms. The molecule has 114 valence electrons. The number of hydrogen-bond acceptors (Lipinski definition) is 3. The van der Waals surface area contributed by atoms with E-state index in [0.717, 1.165) is 24.2 Å². The summed E-state index contributed by atoms with van der Waals surface area (Å²) < 4.78 is 5.18. The molecular formula is C17H19N3O2. The van der Waals surface area contributed by atoms with Crippen molar-refractivity contribution in [3.63, 3.8) is 0 Å². The SMILES string of the molecule is COc1ccc(C(NC(=O)Nc2cccnc2)C2CC2)cc1. The number of pyridine rings is 1. The zero-order valence-electron chi connectivity index (χ0n) is 12.5. The van der Waals surface area contributed by atoms with Crippen molar-refractivity contribution in [1.82, 2.24) is 10.3 Å². The van der Waals surface area contributed by atoms with Gasteiger partial charge < -0.3 is 15.4 Å². The van der Waals surface area contributed by atoms with Gasteiger partial charge in [0.05, 0.1) is 25.0 Å². The number of hydrogen-bond donors (Lipinski definition) is 2. The van der Waals surface area contributed by atoms with Gasteiger partial charge in [0, 0.05) is 6.20 Å². The van der Waals surface area contributed by atoms with Crippen LogP contribution in [0.4, 0.5) is 10.5 Å². The summed E-state index contributed by atoms with van der Waals surface area (Å²) in [5, 5.41) is 5.87. The first kappa shape index (κ1) is 14.4. The molecule has 1 fully saturated rings. The highest BCUT2D eigenvalue weighted by Crippen LogP contribution is 2.41. The Morgan fingerprint density at radius 1 is 1.27 bits per heavy atom. The first-order valence-electron chi connectivity index (χ1n) is 7.38. The average Bonchev–Trinajstić information content (AvgIpc) is 3.38. The Hall–Kier alpha value is -2.56. The van der Waals surface area contributed by atoms with Crippen LogP contribution >= 0.6 is 0 Å². The van der Waals surface area contributed by atoms with Crippen LogP contribution in [0.1, 0.15) is 24.4 Å². The third-order valence-electron chi connectivity index (χ3n) is 3.77. The molecular weight excluding hydrogens is 278 g/mol. The van der Waals surface area contributed by atoms with Crippen molar-refractivity contribution in [2.45, 2.75) is 18.9 Å². The van der Waals surface area contributed by atoms with E-state index in [9.17, 15) is 4.79 Å². The largest absolute Gasteiger partial charge is 0.497 e. The molecule has 5 nitrogen and oxygen atoms in total. The maximum atomic E-state index is 12.2. The van der Waals surface area contributed by atoms with Gasteiger partial charge in [0.2, 0.25) is 0 Å². The summed E-state index contributed by atoms with van der Waals surface area (Å²) >= 11 is 0. The lowest BCUT2D eigenvalue weighted by Gasteiger charge is -2.19. The van der Waals surface area contributed by atoms with E-state index < -0.39 is 0 Å². The third kappa shape index (κ3) is 3.55. The zero-order valence-corrected chi connectivity index (χ0v) is 12.5. The molecule has 5 heteroatoms. The van der Waals surface area contributed by atoms with Crippen LogP contribution in [0.2, 0.25) is 0 Å². The molecule has 1 aliphatic rings. The predicted octanol–water partition coefficient (Wildman–Crippen LogP) is 3.36. The lowest BCUT2D eigenvalue weighted by Crippen LogP contribution is -2.33. The molecule has 0 bridgehead atoms. The second kappa shape index (κ2) is 6.47. The minimum absolute atomic E-state index is 0.0302. The lowest BCUT2D eigenvalue weighted by atomic mass is 10.0. The summed E-state index contributed by atoms with van der Waals surface area (Å²) in [6.45, 7) is 0. The van der Waals surface area contributed by atoms with Crippen LogP contribution in [0.15, 0.2) is 48.8 Å². The van der Waals surface area contributed by atoms with Crippen LogP contribution in [-0.4, -0.2) is 18.1 Å². The van der Waals surface area contributed by atoms with Gasteiger partial charge in [0.15, 0.2) is 0 Å². The number of nitrogens with one attached hydrogen (secondary N) is 2. The minimum Gasteiger partial charge on any atom is -0.497 e. The van der Waals surface area contributed by atoms with E-state index >= 15 is 0 Å². The van der Waals surface area contributed by atoms with Crippen LogP contribution < -0.4 is 15.4 Å². The van der Waals surface area contributed by atoms with E-state index in [1.807, 2.05) is 30.3 Å². The number of rotatable bonds is 5. The molecule has 2 N–H and O–H groups in total. The minimum atomic E-state index is -0.208. The molecule has 2 aromatic rings. The highest BCUT2D eigenvalue weighted by molar-refractivity contribution is 5.89. The van der Waals surface area contributed by atoms with Crippen molar-refractivity contribution in [2.24, 2.45) is 5.92 Å². The van der Waals surface area contributed by atoms with Crippen LogP contribution in [0, 0.1) is 5.92 Å². The molecule has 0 aliphatic heterocycles. The number of benzene rings is 1. The molecule has 1 unspecified atom stereocenters. The van der Waals surface area contributed by atoms with Gasteiger partial charge >= 0.3 is 6.03 Å². The Labute approximate surface area is 129 Å². The molecule has 1 heterocycles. The van der Waals surface area contributed by atoms with Gasteiger partial charge in [-0.05, 0) is 48.6 Å². The molecule has 0 saturated heterocycles. The first-order chi connectivity index (χ1) is 10.8. The summed E-state index contributed by atoms with van der Waals surface area (Å²) in [7, 11) is 1.65. The van der Waals surface area contributed by atoms with Crippen molar-refractivity contribution in [3.8, 4) is 5.75 Å². The normalized spacial score (nSPS) is 15.0. The van der Waals surface area contributed by atoms with E-state index in [0.29, 0.717) is 11.6 Å². The maximum absolute atomic E-state index is 12.2. The quantitative estimate of drug-likeness (QED) is 0.889. The summed E-state index contributed by atoms with van der Waals surface area (Å²) in [5.41, 5.74) is 1.79. The highest BCUT2D eigenvalue weighted by Gasteiger charge is 2.33. The van der Waals surface area contributed by atoms with Crippen molar-refractivity contribution in [3.05, 3.63) is 54.4 Å². The van der Waals surface area contributed by atoms with Crippen LogP contribution in [0.3, 0.4) is 0 Å². The topological polar surface area (TPSA) is 63.2 Å². The summed E-state index contributed by atoms with van der Waals surface area (Å²) in [5.74, 6) is 1.33. The molecule has 1 atom stereocenters. The molecule has 0 radical (unpaired) electrons. The number of methoxy groups -OCH3 is 1. The van der Waals surface area contributed by atoms with Crippen molar-refractivity contribution in [2.75, 3.05) is 12.4 Å². The Morgan fingerprint density at radius 2 is 2.05 bits per heavy atom. The van der Waals surface area contributed by atoms with Crippen LogP contribution in [0.5, 0.6) is 5.75 Å². The number of carbonyl (C=O) groups is 1. The van der Waals surface area contributed by atoms with Crippen molar-refractivity contribution < 1.29 is 9.53 Å². The number of amides is 2. The standard InChI is InChI=1S/C17H19N3O2/c1-22-15-8-6-13(7-9-15)16(12-4-5-12)20-17(21)19-14-3-2-10-18-11-14/h2-3,6-12,16H,4-5H2,1H3,(H2,19,20,21). The van der Waals surface area contributed by atoms with Gasteiger partial charge in [-0.2, -0.15) is 0 Å². The molecule has 1 aromatic carbocycles. The van der Waals surface area contributed by atoms with E-state index in [4.69, 9.17) is 4.74 Å². The average molecular weight is 297 g/mol. The van der Waals surface area contributed by atoms with Gasteiger partial charge in [-0.15, -0.1) is 0 Å². The Morgan fingerprint density at radius 3 is 2.64 bits per heavy atom. The molecule has 0 spiro atoms. The van der Waals surface area contributed by atoms with Crippen molar-refractivity contribution >= 4 is 11.7 Å². The van der Waals surface area contributed by atoms with Gasteiger partial charge in [-0.3, -0.25) is 4.98 Å². The van der Waals surface area contributed by atoms with Gasteiger partial charge in [-0.1, -0.05) is 12.1 Å². The zero-order chi connectivity index (χ0) is 15.4. The van der Waals surface area contributed by atoms with E-state index in [-0.39, 0.29) is 12.1 Å². The summed E-state index contributed by atoms with van der Waals surface area (Å²) in [6.07, 6.45) is 5.58. The maximum Gasteiger partial charge on any atom is 0.319 e. The smallest absolute Gasteiger partial charge is 0.319 e. The number of aromatic nitrogens is 1. The second-order valence-electron chi connectivity index (χ2n) is 5.43. The molecule has 3 rings (SSSR count). The lowest BCUT2D eigenvalue weighted by molar-refractivity contribution is 0.247. The second-order valence-corrected chi connectivity index (χ2v) is 5.43. The fraction of sp³-hybridized carbons (Fsp3) is 0.294. The monoisotopic (exact) mass is 297 g/mol. The summed E-state index contributed by atoms with van der Waals surface area (Å²) in [6, 6.07) is 11.3. The Kier molecular flexibility index (Phi) is 4.23. The number of ether oxygens (including phenoxy) is 1. The van der Waals surface area contributed by atoms with E-state index in [2.05, 4.69) is 15.6 Å². The number of nitrogens with zero attached hydrogens (tertiary/aromatic N) is 1. The van der Waals surface area contributed by atoms with Crippen LogP contribution in [-0.2, 0) is 0 Å². The number of urea groups is 1. The molecule has 1 aliphatic carbocycles. The van der Waals surface area contributed by atoms with E-state index in [1.54, 1.807) is 25.6 Å². The Bertz CT molecular complexity index is 624. The third-order valence-corrected chi connectivity index (χ3v) is 3.77. The van der Waals surface area contributed by atoms with E-state index in [1.165, 1.54) is 0 Å². The molecule has 1 aromatic heterocycles. The van der Waals surface area contributed by atoms with Gasteiger partial charge in [-0.25, -0.2) is 4.79 Å². The summed E-state index contributed by atoms with van der Waals surface area (Å²) in [4.78, 5) is 16.2. The first-order valence-corrected chi connectivity index (χ1v) is 7.38. The number of anilines is 1. The molecule has 1 saturated carbocycles. The fourth-order valence-corrected chi connectivity index (χ4v) is 2.46. The predicted molar refractivity (Wildman–Crippen MR) is 84.9 cm³/mol.